The molecule has 2 rings (SSSR count). The summed E-state index contributed by atoms with van der Waals surface area (Å²) >= 11 is 1.66. The van der Waals surface area contributed by atoms with Gasteiger partial charge < -0.3 is 11.1 Å². The van der Waals surface area contributed by atoms with Crippen molar-refractivity contribution < 1.29 is 0 Å². The summed E-state index contributed by atoms with van der Waals surface area (Å²) in [4.78, 5) is 13.3. The van der Waals surface area contributed by atoms with Crippen molar-refractivity contribution in [3.05, 3.63) is 28.3 Å². The molecule has 15 heavy (non-hydrogen) atoms. The molecule has 0 aliphatic rings. The third-order valence-corrected chi connectivity index (χ3v) is 2.68. The number of nitrogens with two attached hydrogens (primary N) is 1. The summed E-state index contributed by atoms with van der Waals surface area (Å²) < 4.78 is 0. The fourth-order valence-electron chi connectivity index (χ4n) is 1.12. The fraction of sp³-hybridized carbons (Fsp3) is 0.222. The Kier molecular flexibility index (Phi) is 2.77. The Balaban J connectivity index is 1.99. The van der Waals surface area contributed by atoms with Gasteiger partial charge in [0.1, 0.15) is 10.8 Å². The highest BCUT2D eigenvalue weighted by atomic mass is 32.1. The quantitative estimate of drug-likeness (QED) is 0.820. The number of nitrogen functional groups attached to an aromatic ring is 1. The lowest BCUT2D eigenvalue weighted by atomic mass is 10.5. The first-order valence-corrected chi connectivity index (χ1v) is 5.29. The minimum absolute atomic E-state index is 0.273. The van der Waals surface area contributed by atoms with Crippen molar-refractivity contribution in [2.24, 2.45) is 0 Å². The van der Waals surface area contributed by atoms with Gasteiger partial charge in [-0.15, -0.1) is 11.3 Å². The highest BCUT2D eigenvalue weighted by Gasteiger charge is 1.99. The van der Waals surface area contributed by atoms with Crippen molar-refractivity contribution in [1.82, 2.24) is 15.0 Å². The monoisotopic (exact) mass is 221 g/mol. The lowest BCUT2D eigenvalue weighted by Gasteiger charge is -2.02. The molecule has 0 radical (unpaired) electrons. The van der Waals surface area contributed by atoms with Crippen LogP contribution in [0.3, 0.4) is 0 Å². The van der Waals surface area contributed by atoms with Gasteiger partial charge in [0.05, 0.1) is 6.54 Å². The van der Waals surface area contributed by atoms with Gasteiger partial charge in [-0.25, -0.2) is 9.97 Å². The molecule has 0 amide bonds. The van der Waals surface area contributed by atoms with Crippen LogP contribution in [0, 0.1) is 6.92 Å². The highest BCUT2D eigenvalue weighted by Crippen LogP contribution is 2.12. The first-order valence-electron chi connectivity index (χ1n) is 4.48. The van der Waals surface area contributed by atoms with Crippen LogP contribution in [0.2, 0.25) is 0 Å². The highest BCUT2D eigenvalue weighted by molar-refractivity contribution is 7.11. The van der Waals surface area contributed by atoms with E-state index in [4.69, 9.17) is 5.73 Å². The Labute approximate surface area is 91.4 Å². The fourth-order valence-corrected chi connectivity index (χ4v) is 1.85. The van der Waals surface area contributed by atoms with Gasteiger partial charge in [-0.1, -0.05) is 0 Å². The number of nitrogens with zero attached hydrogens (tertiary/aromatic N) is 3. The molecule has 0 fully saturated rings. The van der Waals surface area contributed by atoms with Crippen LogP contribution in [0.4, 0.5) is 11.8 Å². The molecule has 2 aromatic heterocycles. The summed E-state index contributed by atoms with van der Waals surface area (Å²) in [5, 5.41) is 4.16. The van der Waals surface area contributed by atoms with E-state index in [1.165, 1.54) is 4.88 Å². The van der Waals surface area contributed by atoms with E-state index in [1.54, 1.807) is 23.6 Å². The Morgan fingerprint density at radius 1 is 1.47 bits per heavy atom. The maximum absolute atomic E-state index is 5.46. The van der Waals surface area contributed by atoms with Gasteiger partial charge in [-0.2, -0.15) is 4.98 Å². The van der Waals surface area contributed by atoms with Crippen LogP contribution in [0.1, 0.15) is 9.88 Å². The van der Waals surface area contributed by atoms with Crippen LogP contribution in [-0.2, 0) is 6.54 Å². The molecule has 0 unspecified atom stereocenters. The van der Waals surface area contributed by atoms with Gasteiger partial charge in [0.25, 0.3) is 0 Å². The minimum Gasteiger partial charge on any atom is -0.368 e. The maximum Gasteiger partial charge on any atom is 0.221 e. The molecule has 2 aromatic rings. The van der Waals surface area contributed by atoms with E-state index in [1.807, 2.05) is 13.1 Å². The largest absolute Gasteiger partial charge is 0.368 e. The molecule has 0 saturated carbocycles. The number of thiazole rings is 1. The third kappa shape index (κ3) is 2.63. The first kappa shape index (κ1) is 9.85. The van der Waals surface area contributed by atoms with Crippen molar-refractivity contribution in [3.63, 3.8) is 0 Å². The Hall–Kier alpha value is -1.69. The van der Waals surface area contributed by atoms with Crippen molar-refractivity contribution in [2.45, 2.75) is 13.5 Å². The zero-order valence-electron chi connectivity index (χ0n) is 8.27. The molecule has 3 N–H and O–H groups in total. The number of rotatable bonds is 3. The summed E-state index contributed by atoms with van der Waals surface area (Å²) in [6.45, 7) is 2.69. The molecule has 0 spiro atoms. The zero-order valence-corrected chi connectivity index (χ0v) is 9.08. The van der Waals surface area contributed by atoms with Crippen LogP contribution in [0.5, 0.6) is 0 Å². The number of hydrogen-bond donors (Lipinski definition) is 2. The normalized spacial score (nSPS) is 10.2. The van der Waals surface area contributed by atoms with E-state index in [0.717, 1.165) is 10.8 Å². The molecule has 0 saturated heterocycles. The summed E-state index contributed by atoms with van der Waals surface area (Å²) in [5.41, 5.74) is 5.46. The molecule has 0 bridgehead atoms. The molecule has 78 valence electrons. The minimum atomic E-state index is 0.273. The second-order valence-electron chi connectivity index (χ2n) is 3.02. The molecule has 0 aliphatic carbocycles. The van der Waals surface area contributed by atoms with Crippen LogP contribution in [0.15, 0.2) is 18.5 Å². The second kappa shape index (κ2) is 4.22. The maximum atomic E-state index is 5.46. The van der Waals surface area contributed by atoms with E-state index >= 15 is 0 Å². The third-order valence-electron chi connectivity index (χ3n) is 1.76. The lowest BCUT2D eigenvalue weighted by Crippen LogP contribution is -2.03. The van der Waals surface area contributed by atoms with E-state index in [9.17, 15) is 0 Å². The van der Waals surface area contributed by atoms with E-state index in [2.05, 4.69) is 20.3 Å². The summed E-state index contributed by atoms with van der Waals surface area (Å²) in [6.07, 6.45) is 3.48. The predicted octanol–water partition coefficient (Wildman–Crippen LogP) is 1.44. The lowest BCUT2D eigenvalue weighted by molar-refractivity contribution is 1.06. The first-order chi connectivity index (χ1) is 7.24. The predicted molar refractivity (Wildman–Crippen MR) is 60.6 cm³/mol. The van der Waals surface area contributed by atoms with Crippen LogP contribution >= 0.6 is 11.3 Å². The Morgan fingerprint density at radius 2 is 2.33 bits per heavy atom. The number of anilines is 2. The average molecular weight is 221 g/mol. The van der Waals surface area contributed by atoms with Gasteiger partial charge >= 0.3 is 0 Å². The Morgan fingerprint density at radius 3 is 3.00 bits per heavy atom. The average Bonchev–Trinajstić information content (AvgIpc) is 2.62. The molecular formula is C9H11N5S. The van der Waals surface area contributed by atoms with Gasteiger partial charge in [0.2, 0.25) is 5.95 Å². The van der Waals surface area contributed by atoms with Crippen LogP contribution < -0.4 is 11.1 Å². The number of hydrogen-bond acceptors (Lipinski definition) is 6. The smallest absolute Gasteiger partial charge is 0.221 e. The van der Waals surface area contributed by atoms with Gasteiger partial charge in [-0.05, 0) is 13.0 Å². The number of nitrogens with one attached hydrogen (secondary N) is 1. The molecule has 2 heterocycles. The van der Waals surface area contributed by atoms with E-state index in [-0.39, 0.29) is 5.95 Å². The number of aryl methyl sites for hydroxylation is 1. The van der Waals surface area contributed by atoms with E-state index in [0.29, 0.717) is 6.54 Å². The molecular weight excluding hydrogens is 210 g/mol. The van der Waals surface area contributed by atoms with Crippen molar-refractivity contribution in [3.8, 4) is 0 Å². The molecule has 0 aromatic carbocycles. The Bertz CT molecular complexity index is 453. The van der Waals surface area contributed by atoms with Crippen molar-refractivity contribution in [1.29, 1.82) is 0 Å². The van der Waals surface area contributed by atoms with Crippen LogP contribution in [0.25, 0.3) is 0 Å². The zero-order chi connectivity index (χ0) is 10.7. The second-order valence-corrected chi connectivity index (χ2v) is 4.34. The van der Waals surface area contributed by atoms with Gasteiger partial charge in [-0.3, -0.25) is 0 Å². The topological polar surface area (TPSA) is 76.7 Å². The van der Waals surface area contributed by atoms with E-state index < -0.39 is 0 Å². The molecule has 0 atom stereocenters. The van der Waals surface area contributed by atoms with Crippen LogP contribution in [-0.4, -0.2) is 15.0 Å². The number of aromatic nitrogens is 3. The summed E-state index contributed by atoms with van der Waals surface area (Å²) in [5.74, 6) is 0.991. The van der Waals surface area contributed by atoms with Crippen molar-refractivity contribution in [2.75, 3.05) is 11.1 Å². The van der Waals surface area contributed by atoms with Gasteiger partial charge in [0, 0.05) is 17.3 Å². The summed E-state index contributed by atoms with van der Waals surface area (Å²) in [6, 6.07) is 1.77. The molecule has 0 aliphatic heterocycles. The standard InChI is InChI=1S/C9H11N5S/c1-6-4-13-8(15-6)5-12-7-2-3-11-9(10)14-7/h2-4H,5H2,1H3,(H3,10,11,12,14). The molecule has 5 nitrogen and oxygen atoms in total. The summed E-state index contributed by atoms with van der Waals surface area (Å²) in [7, 11) is 0. The SMILES string of the molecule is Cc1cnc(CNc2ccnc(N)n2)s1. The van der Waals surface area contributed by atoms with Crippen molar-refractivity contribution >= 4 is 23.1 Å². The van der Waals surface area contributed by atoms with Gasteiger partial charge in [0.15, 0.2) is 0 Å². The molecule has 6 heteroatoms.